The van der Waals surface area contributed by atoms with Gasteiger partial charge in [0.05, 0.1) is 11.9 Å². The van der Waals surface area contributed by atoms with E-state index in [1.165, 1.54) is 11.8 Å². The van der Waals surface area contributed by atoms with Crippen molar-refractivity contribution in [3.05, 3.63) is 60.2 Å². The topological polar surface area (TPSA) is 74.8 Å². The second-order valence-corrected chi connectivity index (χ2v) is 8.63. The van der Waals surface area contributed by atoms with Crippen LogP contribution in [0.25, 0.3) is 11.4 Å². The van der Waals surface area contributed by atoms with Crippen LogP contribution in [0.5, 0.6) is 0 Å². The summed E-state index contributed by atoms with van der Waals surface area (Å²) in [5.74, 6) is 1.14. The molecule has 0 spiro atoms. The van der Waals surface area contributed by atoms with E-state index in [9.17, 15) is 4.79 Å². The number of allylic oxidation sites excluding steroid dienone is 1. The van der Waals surface area contributed by atoms with Crippen molar-refractivity contribution in [3.63, 3.8) is 0 Å². The smallest absolute Gasteiger partial charge is 0.192 e. The minimum absolute atomic E-state index is 0.0929. The van der Waals surface area contributed by atoms with Gasteiger partial charge in [-0.25, -0.2) is 0 Å². The molecular formula is C23H27N5O2S. The molecule has 3 aromatic rings. The second-order valence-electron chi connectivity index (χ2n) is 7.68. The van der Waals surface area contributed by atoms with Crippen LogP contribution in [0.15, 0.2) is 48.4 Å². The third kappa shape index (κ3) is 4.65. The second kappa shape index (κ2) is 9.62. The van der Waals surface area contributed by atoms with Gasteiger partial charge in [-0.15, -0.1) is 16.8 Å². The van der Waals surface area contributed by atoms with Crippen LogP contribution in [-0.4, -0.2) is 48.6 Å². The van der Waals surface area contributed by atoms with E-state index in [-0.39, 0.29) is 11.9 Å². The minimum Gasteiger partial charge on any atom is -0.376 e. The van der Waals surface area contributed by atoms with Crippen LogP contribution < -0.4 is 0 Å². The maximum Gasteiger partial charge on any atom is 0.192 e. The highest BCUT2D eigenvalue weighted by Crippen LogP contribution is 2.26. The molecule has 4 rings (SSSR count). The molecule has 8 heteroatoms. The van der Waals surface area contributed by atoms with E-state index in [4.69, 9.17) is 4.74 Å². The van der Waals surface area contributed by atoms with E-state index in [0.29, 0.717) is 17.5 Å². The largest absolute Gasteiger partial charge is 0.376 e. The first-order chi connectivity index (χ1) is 15.1. The molecule has 0 saturated carbocycles. The first-order valence-electron chi connectivity index (χ1n) is 10.5. The summed E-state index contributed by atoms with van der Waals surface area (Å²) in [5.41, 5.74) is 3.80. The molecule has 0 aliphatic carbocycles. The van der Waals surface area contributed by atoms with Crippen LogP contribution in [0, 0.1) is 13.8 Å². The molecule has 3 aromatic heterocycles. The molecule has 1 fully saturated rings. The summed E-state index contributed by atoms with van der Waals surface area (Å²) in [4.78, 5) is 17.1. The van der Waals surface area contributed by atoms with E-state index >= 15 is 0 Å². The molecule has 0 bridgehead atoms. The SMILES string of the molecule is C=CCn1c(SCC(=O)c2cc(C)n(C[C@H]3CCCO3)c2C)nnc1-c1ccncc1. The van der Waals surface area contributed by atoms with Crippen LogP contribution in [0.1, 0.15) is 34.6 Å². The standard InChI is InChI=1S/C23H27N5O2S/c1-4-11-27-22(18-7-9-24-10-8-18)25-26-23(27)31-15-21(29)20-13-16(2)28(17(20)3)14-19-6-5-12-30-19/h4,7-10,13,19H,1,5-6,11-12,14-15H2,2-3H3/t19-/m1/s1. The molecular weight excluding hydrogens is 410 g/mol. The predicted molar refractivity (Wildman–Crippen MR) is 121 cm³/mol. The quantitative estimate of drug-likeness (QED) is 0.285. The van der Waals surface area contributed by atoms with Crippen molar-refractivity contribution < 1.29 is 9.53 Å². The van der Waals surface area contributed by atoms with E-state index in [1.807, 2.05) is 36.6 Å². The van der Waals surface area contributed by atoms with Gasteiger partial charge in [-0.3, -0.25) is 14.3 Å². The van der Waals surface area contributed by atoms with Crippen LogP contribution in [0.2, 0.25) is 0 Å². The van der Waals surface area contributed by atoms with Crippen LogP contribution in [0.3, 0.4) is 0 Å². The van der Waals surface area contributed by atoms with Crippen molar-refractivity contribution in [2.24, 2.45) is 0 Å². The van der Waals surface area contributed by atoms with Gasteiger partial charge in [-0.1, -0.05) is 17.8 Å². The lowest BCUT2D eigenvalue weighted by Crippen LogP contribution is -2.17. The average molecular weight is 438 g/mol. The molecule has 0 amide bonds. The number of pyridine rings is 1. The Labute approximate surface area is 186 Å². The lowest BCUT2D eigenvalue weighted by atomic mass is 10.2. The van der Waals surface area contributed by atoms with Gasteiger partial charge in [0.25, 0.3) is 0 Å². The molecule has 1 aliphatic rings. The lowest BCUT2D eigenvalue weighted by Gasteiger charge is -2.14. The molecule has 4 heterocycles. The number of aryl methyl sites for hydroxylation is 1. The fraction of sp³-hybridized carbons (Fsp3) is 0.391. The lowest BCUT2D eigenvalue weighted by molar-refractivity contribution is 0.0957. The Balaban J connectivity index is 1.49. The van der Waals surface area contributed by atoms with Crippen LogP contribution in [-0.2, 0) is 17.8 Å². The Morgan fingerprint density at radius 1 is 1.29 bits per heavy atom. The minimum atomic E-state index is 0.0929. The Bertz CT molecular complexity index is 1070. The van der Waals surface area contributed by atoms with Gasteiger partial charge < -0.3 is 9.30 Å². The normalized spacial score (nSPS) is 16.0. The Morgan fingerprint density at radius 2 is 2.10 bits per heavy atom. The zero-order chi connectivity index (χ0) is 21.8. The summed E-state index contributed by atoms with van der Waals surface area (Å²) in [6.45, 7) is 10.1. The third-order valence-corrected chi connectivity index (χ3v) is 6.55. The Kier molecular flexibility index (Phi) is 6.67. The summed E-state index contributed by atoms with van der Waals surface area (Å²) in [7, 11) is 0. The fourth-order valence-corrected chi connectivity index (χ4v) is 4.80. The summed E-state index contributed by atoms with van der Waals surface area (Å²) < 4.78 is 9.95. The maximum atomic E-state index is 13.0. The highest BCUT2D eigenvalue weighted by molar-refractivity contribution is 7.99. The molecule has 1 atom stereocenters. The number of hydrogen-bond acceptors (Lipinski definition) is 6. The first kappa shape index (κ1) is 21.5. The van der Waals surface area contributed by atoms with Crippen molar-refractivity contribution in [2.75, 3.05) is 12.4 Å². The third-order valence-electron chi connectivity index (χ3n) is 5.58. The van der Waals surface area contributed by atoms with Crippen molar-refractivity contribution in [1.29, 1.82) is 0 Å². The van der Waals surface area contributed by atoms with E-state index in [0.717, 1.165) is 54.3 Å². The molecule has 0 radical (unpaired) electrons. The van der Waals surface area contributed by atoms with Gasteiger partial charge in [0, 0.05) is 54.6 Å². The van der Waals surface area contributed by atoms with Crippen molar-refractivity contribution in [1.82, 2.24) is 24.3 Å². The predicted octanol–water partition coefficient (Wildman–Crippen LogP) is 4.10. The van der Waals surface area contributed by atoms with Gasteiger partial charge in [0.15, 0.2) is 16.8 Å². The first-order valence-corrected chi connectivity index (χ1v) is 11.5. The number of carbonyl (C=O) groups excluding carboxylic acids is 1. The summed E-state index contributed by atoms with van der Waals surface area (Å²) in [6, 6.07) is 5.78. The van der Waals surface area contributed by atoms with Crippen LogP contribution in [0.4, 0.5) is 0 Å². The number of carbonyl (C=O) groups is 1. The van der Waals surface area contributed by atoms with E-state index < -0.39 is 0 Å². The number of aromatic nitrogens is 5. The Hall–Kier alpha value is -2.71. The van der Waals surface area contributed by atoms with Crippen molar-refractivity contribution >= 4 is 17.5 Å². The van der Waals surface area contributed by atoms with Gasteiger partial charge in [-0.2, -0.15) is 0 Å². The molecule has 162 valence electrons. The molecule has 1 aliphatic heterocycles. The summed E-state index contributed by atoms with van der Waals surface area (Å²) in [6.07, 6.45) is 7.69. The zero-order valence-electron chi connectivity index (χ0n) is 18.0. The van der Waals surface area contributed by atoms with Crippen molar-refractivity contribution in [2.45, 2.75) is 51.0 Å². The molecule has 31 heavy (non-hydrogen) atoms. The van der Waals surface area contributed by atoms with Gasteiger partial charge in [-0.05, 0) is 44.9 Å². The summed E-state index contributed by atoms with van der Waals surface area (Å²) >= 11 is 1.40. The Morgan fingerprint density at radius 3 is 2.81 bits per heavy atom. The monoisotopic (exact) mass is 437 g/mol. The highest BCUT2D eigenvalue weighted by Gasteiger charge is 2.22. The number of ether oxygens (including phenoxy) is 1. The fourth-order valence-electron chi connectivity index (χ4n) is 3.97. The number of ketones is 1. The maximum absolute atomic E-state index is 13.0. The van der Waals surface area contributed by atoms with Gasteiger partial charge in [0.2, 0.25) is 0 Å². The number of thioether (sulfide) groups is 1. The number of nitrogens with zero attached hydrogens (tertiary/aromatic N) is 5. The molecule has 0 unspecified atom stereocenters. The van der Waals surface area contributed by atoms with E-state index in [2.05, 4.69) is 26.3 Å². The number of Topliss-reactive ketones (excluding diaryl/α,β-unsaturated/α-hetero) is 1. The van der Waals surface area contributed by atoms with Crippen molar-refractivity contribution in [3.8, 4) is 11.4 Å². The zero-order valence-corrected chi connectivity index (χ0v) is 18.8. The molecule has 0 aromatic carbocycles. The van der Waals surface area contributed by atoms with E-state index in [1.54, 1.807) is 18.5 Å². The van der Waals surface area contributed by atoms with Gasteiger partial charge in [0.1, 0.15) is 0 Å². The molecule has 7 nitrogen and oxygen atoms in total. The average Bonchev–Trinajstić information content (AvgIpc) is 3.50. The highest BCUT2D eigenvalue weighted by atomic mass is 32.2. The van der Waals surface area contributed by atoms with Crippen LogP contribution >= 0.6 is 11.8 Å². The summed E-state index contributed by atoms with van der Waals surface area (Å²) in [5, 5.41) is 9.36. The molecule has 1 saturated heterocycles. The van der Waals surface area contributed by atoms with Gasteiger partial charge >= 0.3 is 0 Å². The number of rotatable bonds is 9. The molecule has 0 N–H and O–H groups in total. The number of hydrogen-bond donors (Lipinski definition) is 0.